The first-order valence-corrected chi connectivity index (χ1v) is 8.88. The maximum atomic E-state index is 4.61. The van der Waals surface area contributed by atoms with Crippen LogP contribution >= 0.6 is 11.8 Å². The van der Waals surface area contributed by atoms with Crippen molar-refractivity contribution in [2.45, 2.75) is 57.2 Å². The predicted octanol–water partition coefficient (Wildman–Crippen LogP) is 3.69. The van der Waals surface area contributed by atoms with E-state index in [1.807, 2.05) is 18.0 Å². The molecule has 1 aliphatic rings. The van der Waals surface area contributed by atoms with Gasteiger partial charge in [0.1, 0.15) is 5.82 Å². The lowest BCUT2D eigenvalue weighted by molar-refractivity contribution is 0.472. The number of rotatable bonds is 6. The minimum atomic E-state index is 0.550. The Labute approximate surface area is 126 Å². The predicted molar refractivity (Wildman–Crippen MR) is 88.7 cm³/mol. The molecule has 2 N–H and O–H groups in total. The summed E-state index contributed by atoms with van der Waals surface area (Å²) in [6, 6.07) is 0.550. The van der Waals surface area contributed by atoms with E-state index in [1.165, 1.54) is 25.7 Å². The van der Waals surface area contributed by atoms with Gasteiger partial charge in [-0.1, -0.05) is 13.3 Å². The Morgan fingerprint density at radius 1 is 1.40 bits per heavy atom. The highest BCUT2D eigenvalue weighted by molar-refractivity contribution is 7.99. The highest BCUT2D eigenvalue weighted by Crippen LogP contribution is 2.29. The summed E-state index contributed by atoms with van der Waals surface area (Å²) in [6.45, 7) is 5.13. The average Bonchev–Trinajstić information content (AvgIpc) is 2.48. The zero-order chi connectivity index (χ0) is 14.4. The first-order valence-electron chi connectivity index (χ1n) is 7.59. The van der Waals surface area contributed by atoms with Crippen molar-refractivity contribution in [2.24, 2.45) is 0 Å². The van der Waals surface area contributed by atoms with E-state index in [9.17, 15) is 0 Å². The lowest BCUT2D eigenvalue weighted by atomic mass is 9.95. The molecular formula is C15H26N4S. The molecule has 2 unspecified atom stereocenters. The van der Waals surface area contributed by atoms with Gasteiger partial charge in [0.2, 0.25) is 5.95 Å². The monoisotopic (exact) mass is 294 g/mol. The maximum Gasteiger partial charge on any atom is 0.224 e. The molecule has 2 atom stereocenters. The minimum Gasteiger partial charge on any atom is -0.367 e. The Morgan fingerprint density at radius 3 is 3.00 bits per heavy atom. The summed E-state index contributed by atoms with van der Waals surface area (Å²) in [5.74, 6) is 1.72. The lowest BCUT2D eigenvalue weighted by Crippen LogP contribution is -2.29. The summed E-state index contributed by atoms with van der Waals surface area (Å²) in [7, 11) is 0. The summed E-state index contributed by atoms with van der Waals surface area (Å²) < 4.78 is 0. The number of nitrogens with one attached hydrogen (secondary N) is 2. The first kappa shape index (κ1) is 15.4. The van der Waals surface area contributed by atoms with Gasteiger partial charge in [-0.25, -0.2) is 4.98 Å². The number of hydrogen-bond donors (Lipinski definition) is 2. The summed E-state index contributed by atoms with van der Waals surface area (Å²) in [6.07, 6.45) is 10.4. The molecule has 0 saturated heterocycles. The number of hydrogen-bond acceptors (Lipinski definition) is 5. The fraction of sp³-hybridized carbons (Fsp3) is 0.733. The van der Waals surface area contributed by atoms with Gasteiger partial charge >= 0.3 is 0 Å². The van der Waals surface area contributed by atoms with Crippen molar-refractivity contribution in [3.05, 3.63) is 11.8 Å². The molecule has 1 saturated carbocycles. The number of aromatic nitrogens is 2. The molecule has 4 nitrogen and oxygen atoms in total. The zero-order valence-corrected chi connectivity index (χ0v) is 13.6. The SMILES string of the molecule is CCCNc1ncc(C)c(NC2CCCC(SC)C2)n1. The van der Waals surface area contributed by atoms with Crippen LogP contribution in [0.15, 0.2) is 6.20 Å². The van der Waals surface area contributed by atoms with Crippen LogP contribution < -0.4 is 10.6 Å². The molecule has 0 spiro atoms. The molecule has 0 aromatic carbocycles. The van der Waals surface area contributed by atoms with Crippen LogP contribution in [-0.2, 0) is 0 Å². The van der Waals surface area contributed by atoms with Gasteiger partial charge in [0, 0.05) is 29.6 Å². The highest BCUT2D eigenvalue weighted by Gasteiger charge is 2.21. The number of thioether (sulfide) groups is 1. The standard InChI is InChI=1S/C15H26N4S/c1-4-8-16-15-17-10-11(2)14(19-15)18-12-6-5-7-13(9-12)20-3/h10,12-13H,4-9H2,1-3H3,(H2,16,17,18,19). The summed E-state index contributed by atoms with van der Waals surface area (Å²) in [5, 5.41) is 7.67. The molecule has 112 valence electrons. The van der Waals surface area contributed by atoms with Gasteiger partial charge in [-0.05, 0) is 38.9 Å². The smallest absolute Gasteiger partial charge is 0.224 e. The molecule has 2 rings (SSSR count). The van der Waals surface area contributed by atoms with Crippen LogP contribution in [0.2, 0.25) is 0 Å². The summed E-state index contributed by atoms with van der Waals surface area (Å²) in [5.41, 5.74) is 1.12. The highest BCUT2D eigenvalue weighted by atomic mass is 32.2. The normalized spacial score (nSPS) is 22.6. The van der Waals surface area contributed by atoms with Gasteiger partial charge in [-0.2, -0.15) is 16.7 Å². The van der Waals surface area contributed by atoms with Crippen LogP contribution in [0, 0.1) is 6.92 Å². The fourth-order valence-corrected chi connectivity index (χ4v) is 3.42. The molecule has 5 heteroatoms. The third-order valence-corrected chi connectivity index (χ3v) is 4.90. The van der Waals surface area contributed by atoms with Crippen molar-refractivity contribution in [1.29, 1.82) is 0 Å². The second-order valence-corrected chi connectivity index (χ2v) is 6.66. The minimum absolute atomic E-state index is 0.550. The molecule has 0 amide bonds. The number of anilines is 2. The van der Waals surface area contributed by atoms with Crippen LogP contribution in [0.25, 0.3) is 0 Å². The Morgan fingerprint density at radius 2 is 2.25 bits per heavy atom. The lowest BCUT2D eigenvalue weighted by Gasteiger charge is -2.29. The fourth-order valence-electron chi connectivity index (χ4n) is 2.59. The molecule has 1 aromatic heterocycles. The Bertz CT molecular complexity index is 424. The zero-order valence-electron chi connectivity index (χ0n) is 12.8. The Hall–Kier alpha value is -0.970. The molecule has 20 heavy (non-hydrogen) atoms. The van der Waals surface area contributed by atoms with E-state index in [4.69, 9.17) is 0 Å². The average molecular weight is 294 g/mol. The van der Waals surface area contributed by atoms with Crippen LogP contribution in [0.4, 0.5) is 11.8 Å². The van der Waals surface area contributed by atoms with Crippen LogP contribution in [-0.4, -0.2) is 34.1 Å². The van der Waals surface area contributed by atoms with E-state index in [2.05, 4.69) is 40.7 Å². The molecule has 1 fully saturated rings. The van der Waals surface area contributed by atoms with Gasteiger partial charge in [0.25, 0.3) is 0 Å². The molecule has 1 aromatic rings. The third-order valence-electron chi connectivity index (χ3n) is 3.81. The first-order chi connectivity index (χ1) is 9.72. The molecule has 1 heterocycles. The summed E-state index contributed by atoms with van der Waals surface area (Å²) in [4.78, 5) is 8.95. The quantitative estimate of drug-likeness (QED) is 0.838. The van der Waals surface area contributed by atoms with Crippen molar-refractivity contribution in [2.75, 3.05) is 23.4 Å². The van der Waals surface area contributed by atoms with Gasteiger partial charge in [0.05, 0.1) is 0 Å². The number of aryl methyl sites for hydroxylation is 1. The van der Waals surface area contributed by atoms with Crippen molar-refractivity contribution < 1.29 is 0 Å². The van der Waals surface area contributed by atoms with Crippen molar-refractivity contribution in [1.82, 2.24) is 9.97 Å². The van der Waals surface area contributed by atoms with Gasteiger partial charge in [-0.3, -0.25) is 0 Å². The van der Waals surface area contributed by atoms with Gasteiger partial charge in [0.15, 0.2) is 0 Å². The van der Waals surface area contributed by atoms with E-state index in [0.717, 1.165) is 35.5 Å². The molecule has 0 aliphatic heterocycles. The van der Waals surface area contributed by atoms with Crippen LogP contribution in [0.5, 0.6) is 0 Å². The topological polar surface area (TPSA) is 49.8 Å². The number of nitrogens with zero attached hydrogens (tertiary/aromatic N) is 2. The van der Waals surface area contributed by atoms with E-state index in [1.54, 1.807) is 0 Å². The second-order valence-electron chi connectivity index (χ2n) is 5.52. The second kappa shape index (κ2) is 7.72. The van der Waals surface area contributed by atoms with Crippen molar-refractivity contribution >= 4 is 23.5 Å². The Kier molecular flexibility index (Phi) is 5.95. The summed E-state index contributed by atoms with van der Waals surface area (Å²) >= 11 is 1.99. The third kappa shape index (κ3) is 4.27. The molecule has 0 radical (unpaired) electrons. The van der Waals surface area contributed by atoms with Gasteiger partial charge in [-0.15, -0.1) is 0 Å². The van der Waals surface area contributed by atoms with E-state index < -0.39 is 0 Å². The van der Waals surface area contributed by atoms with E-state index >= 15 is 0 Å². The van der Waals surface area contributed by atoms with E-state index in [0.29, 0.717) is 6.04 Å². The van der Waals surface area contributed by atoms with Crippen LogP contribution in [0.3, 0.4) is 0 Å². The van der Waals surface area contributed by atoms with Crippen LogP contribution in [0.1, 0.15) is 44.6 Å². The van der Waals surface area contributed by atoms with E-state index in [-0.39, 0.29) is 0 Å². The van der Waals surface area contributed by atoms with Crippen molar-refractivity contribution in [3.8, 4) is 0 Å². The van der Waals surface area contributed by atoms with Gasteiger partial charge < -0.3 is 10.6 Å². The molecule has 0 bridgehead atoms. The molecule has 1 aliphatic carbocycles. The molecular weight excluding hydrogens is 268 g/mol. The van der Waals surface area contributed by atoms with Crippen molar-refractivity contribution in [3.63, 3.8) is 0 Å². The largest absolute Gasteiger partial charge is 0.367 e. The Balaban J connectivity index is 2.00. The maximum absolute atomic E-state index is 4.61.